The van der Waals surface area contributed by atoms with Gasteiger partial charge in [-0.25, -0.2) is 0 Å². The monoisotopic (exact) mass is 379 g/mol. The molecule has 1 aliphatic heterocycles. The minimum Gasteiger partial charge on any atom is -0.499 e. The Morgan fingerprint density at radius 3 is 2.29 bits per heavy atom. The van der Waals surface area contributed by atoms with E-state index in [0.717, 1.165) is 31.5 Å². The van der Waals surface area contributed by atoms with Crippen LogP contribution in [0.25, 0.3) is 5.57 Å². The van der Waals surface area contributed by atoms with Crippen LogP contribution in [-0.2, 0) is 9.53 Å². The normalized spacial score (nSPS) is 17.1. The third kappa shape index (κ3) is 5.02. The van der Waals surface area contributed by atoms with E-state index in [1.54, 1.807) is 0 Å². The molecule has 1 N–H and O–H groups in total. The Hall–Kier alpha value is -2.59. The summed E-state index contributed by atoms with van der Waals surface area (Å²) < 4.78 is 5.96. The highest BCUT2D eigenvalue weighted by Gasteiger charge is 2.24. The average Bonchev–Trinajstić information content (AvgIpc) is 2.70. The standard InChI is InChI=1S/C24H29NO3/c1-18-8-3-5-11-21(18)23(22-12-6-4-9-19(22)2)17-28-15-14-25-13-7-10-20(16-25)24(26)27/h3-6,8-9,11-12,17,20H,7,10,13-16H2,1-2H3,(H,26,27). The van der Waals surface area contributed by atoms with Crippen molar-refractivity contribution >= 4 is 11.5 Å². The van der Waals surface area contributed by atoms with Gasteiger partial charge in [0.05, 0.1) is 12.2 Å². The van der Waals surface area contributed by atoms with Crippen LogP contribution >= 0.6 is 0 Å². The molecule has 28 heavy (non-hydrogen) atoms. The van der Waals surface area contributed by atoms with Crippen LogP contribution in [0.1, 0.15) is 35.1 Å². The Balaban J connectivity index is 1.71. The van der Waals surface area contributed by atoms with E-state index in [1.165, 1.54) is 22.3 Å². The first-order chi connectivity index (χ1) is 13.6. The molecule has 1 aliphatic rings. The molecule has 1 saturated heterocycles. The maximum Gasteiger partial charge on any atom is 0.307 e. The number of aliphatic carboxylic acids is 1. The highest BCUT2D eigenvalue weighted by Crippen LogP contribution is 2.28. The summed E-state index contributed by atoms with van der Waals surface area (Å²) in [4.78, 5) is 13.4. The van der Waals surface area contributed by atoms with E-state index in [2.05, 4.69) is 43.0 Å². The molecule has 0 aliphatic carbocycles. The molecule has 0 saturated carbocycles. The summed E-state index contributed by atoms with van der Waals surface area (Å²) in [7, 11) is 0. The first-order valence-electron chi connectivity index (χ1n) is 9.95. The summed E-state index contributed by atoms with van der Waals surface area (Å²) in [5.74, 6) is -0.939. The fourth-order valence-corrected chi connectivity index (χ4v) is 3.81. The van der Waals surface area contributed by atoms with E-state index in [0.29, 0.717) is 13.2 Å². The van der Waals surface area contributed by atoms with Crippen molar-refractivity contribution in [2.75, 3.05) is 26.2 Å². The van der Waals surface area contributed by atoms with Gasteiger partial charge in [0.2, 0.25) is 0 Å². The third-order valence-corrected chi connectivity index (χ3v) is 5.45. The molecule has 2 aromatic rings. The van der Waals surface area contributed by atoms with Gasteiger partial charge in [-0.3, -0.25) is 9.69 Å². The van der Waals surface area contributed by atoms with Crippen molar-refractivity contribution in [3.8, 4) is 0 Å². The molecule has 0 spiro atoms. The first kappa shape index (κ1) is 20.2. The lowest BCUT2D eigenvalue weighted by atomic mass is 9.93. The van der Waals surface area contributed by atoms with Crippen LogP contribution in [0.4, 0.5) is 0 Å². The molecule has 148 valence electrons. The van der Waals surface area contributed by atoms with Crippen molar-refractivity contribution in [3.63, 3.8) is 0 Å². The van der Waals surface area contributed by atoms with Crippen molar-refractivity contribution < 1.29 is 14.6 Å². The largest absolute Gasteiger partial charge is 0.499 e. The van der Waals surface area contributed by atoms with Crippen LogP contribution in [0.15, 0.2) is 54.8 Å². The summed E-state index contributed by atoms with van der Waals surface area (Å²) in [5.41, 5.74) is 5.83. The smallest absolute Gasteiger partial charge is 0.307 e. The molecule has 1 atom stereocenters. The van der Waals surface area contributed by atoms with Crippen LogP contribution in [0.3, 0.4) is 0 Å². The summed E-state index contributed by atoms with van der Waals surface area (Å²) in [6.45, 7) is 7.08. The van der Waals surface area contributed by atoms with Gasteiger partial charge in [0, 0.05) is 18.7 Å². The van der Waals surface area contributed by atoms with E-state index in [-0.39, 0.29) is 5.92 Å². The minimum absolute atomic E-state index is 0.251. The zero-order valence-corrected chi connectivity index (χ0v) is 16.7. The van der Waals surface area contributed by atoms with Gasteiger partial charge < -0.3 is 9.84 Å². The highest BCUT2D eigenvalue weighted by atomic mass is 16.5. The average molecular weight is 380 g/mol. The Morgan fingerprint density at radius 1 is 1.11 bits per heavy atom. The van der Waals surface area contributed by atoms with Crippen LogP contribution < -0.4 is 0 Å². The van der Waals surface area contributed by atoms with Gasteiger partial charge in [0.25, 0.3) is 0 Å². The topological polar surface area (TPSA) is 49.8 Å². The molecule has 0 aromatic heterocycles. The molecular weight excluding hydrogens is 350 g/mol. The number of hydrogen-bond donors (Lipinski definition) is 1. The molecule has 2 aromatic carbocycles. The van der Waals surface area contributed by atoms with Gasteiger partial charge in [-0.1, -0.05) is 48.5 Å². The quantitative estimate of drug-likeness (QED) is 0.568. The predicted molar refractivity (Wildman–Crippen MR) is 112 cm³/mol. The number of carboxylic acids is 1. The molecule has 0 radical (unpaired) electrons. The van der Waals surface area contributed by atoms with E-state index in [9.17, 15) is 9.90 Å². The van der Waals surface area contributed by atoms with Crippen LogP contribution in [0, 0.1) is 19.8 Å². The number of benzene rings is 2. The fraction of sp³-hybridized carbons (Fsp3) is 0.375. The fourth-order valence-electron chi connectivity index (χ4n) is 3.81. The Kier molecular flexibility index (Phi) is 6.88. The minimum atomic E-state index is -0.688. The summed E-state index contributed by atoms with van der Waals surface area (Å²) >= 11 is 0. The van der Waals surface area contributed by atoms with Gasteiger partial charge in [-0.05, 0) is 55.5 Å². The lowest BCUT2D eigenvalue weighted by Crippen LogP contribution is -2.40. The first-order valence-corrected chi connectivity index (χ1v) is 9.95. The van der Waals surface area contributed by atoms with E-state index < -0.39 is 5.97 Å². The SMILES string of the molecule is Cc1ccccc1C(=COCCN1CCCC(C(=O)O)C1)c1ccccc1C. The molecule has 1 heterocycles. The maximum absolute atomic E-state index is 11.2. The predicted octanol–water partition coefficient (Wildman–Crippen LogP) is 4.51. The van der Waals surface area contributed by atoms with Gasteiger partial charge in [0.1, 0.15) is 6.61 Å². The van der Waals surface area contributed by atoms with Gasteiger partial charge >= 0.3 is 5.97 Å². The number of ether oxygens (including phenoxy) is 1. The van der Waals surface area contributed by atoms with Gasteiger partial charge in [-0.2, -0.15) is 0 Å². The molecule has 4 nitrogen and oxygen atoms in total. The zero-order chi connectivity index (χ0) is 19.9. The molecular formula is C24H29NO3. The Morgan fingerprint density at radius 2 is 1.71 bits per heavy atom. The third-order valence-electron chi connectivity index (χ3n) is 5.45. The van der Waals surface area contributed by atoms with Crippen molar-refractivity contribution in [1.29, 1.82) is 0 Å². The lowest BCUT2D eigenvalue weighted by molar-refractivity contribution is -0.143. The number of hydrogen-bond acceptors (Lipinski definition) is 3. The van der Waals surface area contributed by atoms with E-state index in [1.807, 2.05) is 30.5 Å². The van der Waals surface area contributed by atoms with Crippen LogP contribution in [0.2, 0.25) is 0 Å². The second-order valence-corrected chi connectivity index (χ2v) is 7.51. The lowest BCUT2D eigenvalue weighted by Gasteiger charge is -2.30. The number of carbonyl (C=O) groups is 1. The molecule has 1 fully saturated rings. The molecule has 0 amide bonds. The van der Waals surface area contributed by atoms with Gasteiger partial charge in [-0.15, -0.1) is 0 Å². The second-order valence-electron chi connectivity index (χ2n) is 7.51. The van der Waals surface area contributed by atoms with E-state index in [4.69, 9.17) is 4.74 Å². The summed E-state index contributed by atoms with van der Waals surface area (Å²) in [6, 6.07) is 16.7. The van der Waals surface area contributed by atoms with Crippen molar-refractivity contribution in [2.45, 2.75) is 26.7 Å². The van der Waals surface area contributed by atoms with Crippen molar-refractivity contribution in [1.82, 2.24) is 4.90 Å². The molecule has 3 rings (SSSR count). The highest BCUT2D eigenvalue weighted by molar-refractivity contribution is 5.82. The number of piperidine rings is 1. The van der Waals surface area contributed by atoms with Crippen LogP contribution in [-0.4, -0.2) is 42.2 Å². The van der Waals surface area contributed by atoms with Crippen molar-refractivity contribution in [3.05, 3.63) is 77.0 Å². The second kappa shape index (κ2) is 9.56. The number of nitrogens with zero attached hydrogens (tertiary/aromatic N) is 1. The van der Waals surface area contributed by atoms with Crippen molar-refractivity contribution in [2.24, 2.45) is 5.92 Å². The number of aryl methyl sites for hydroxylation is 2. The maximum atomic E-state index is 11.2. The zero-order valence-electron chi connectivity index (χ0n) is 16.7. The molecule has 1 unspecified atom stereocenters. The summed E-state index contributed by atoms with van der Waals surface area (Å²) in [6.07, 6.45) is 3.57. The Labute approximate surface area is 167 Å². The van der Waals surface area contributed by atoms with Gasteiger partial charge in [0.15, 0.2) is 0 Å². The van der Waals surface area contributed by atoms with E-state index >= 15 is 0 Å². The van der Waals surface area contributed by atoms with Crippen LogP contribution in [0.5, 0.6) is 0 Å². The Bertz CT molecular complexity index is 796. The number of likely N-dealkylation sites (tertiary alicyclic amines) is 1. The molecule has 0 bridgehead atoms. The summed E-state index contributed by atoms with van der Waals surface area (Å²) in [5, 5.41) is 9.24. The number of carboxylic acid groups (broad SMARTS) is 1. The molecule has 4 heteroatoms. The number of rotatable bonds is 7.